The molecule has 0 aliphatic rings. The third-order valence-corrected chi connectivity index (χ3v) is 3.94. The number of halogens is 2. The third kappa shape index (κ3) is 4.16. The Morgan fingerprint density at radius 1 is 1.20 bits per heavy atom. The monoisotopic (exact) mass is 359 g/mol. The maximum Gasteiger partial charge on any atom is 0.252 e. The molecular formula is C18H15ClFN3O2. The first-order valence-electron chi connectivity index (χ1n) is 7.49. The number of anilines is 1. The molecule has 5 nitrogen and oxygen atoms in total. The van der Waals surface area contributed by atoms with Gasteiger partial charge in [-0.1, -0.05) is 17.7 Å². The molecule has 0 atom stereocenters. The quantitative estimate of drug-likeness (QED) is 0.726. The predicted molar refractivity (Wildman–Crippen MR) is 95.6 cm³/mol. The first kappa shape index (κ1) is 17.0. The summed E-state index contributed by atoms with van der Waals surface area (Å²) < 4.78 is 18.2. The first-order valence-corrected chi connectivity index (χ1v) is 7.86. The van der Waals surface area contributed by atoms with Gasteiger partial charge in [0.05, 0.1) is 12.8 Å². The number of hydrogen-bond donors (Lipinski definition) is 2. The van der Waals surface area contributed by atoms with Crippen LogP contribution >= 0.6 is 11.6 Å². The average Bonchev–Trinajstić information content (AvgIpc) is 2.60. The van der Waals surface area contributed by atoms with Crippen molar-refractivity contribution >= 4 is 17.5 Å². The van der Waals surface area contributed by atoms with Crippen LogP contribution in [0.3, 0.4) is 0 Å². The molecule has 2 N–H and O–H groups in total. The maximum atomic E-state index is 13.1. The molecule has 1 heterocycles. The summed E-state index contributed by atoms with van der Waals surface area (Å²) in [5, 5.41) is 3.30. The van der Waals surface area contributed by atoms with Gasteiger partial charge in [-0.05, 0) is 42.0 Å². The maximum absolute atomic E-state index is 13.1. The second-order valence-corrected chi connectivity index (χ2v) is 5.70. The summed E-state index contributed by atoms with van der Waals surface area (Å²) >= 11 is 6.00. The Hall–Kier alpha value is -2.86. The van der Waals surface area contributed by atoms with Crippen molar-refractivity contribution in [2.75, 3.05) is 12.4 Å². The van der Waals surface area contributed by atoms with Crippen LogP contribution in [0, 0.1) is 5.82 Å². The first-order chi connectivity index (χ1) is 12.0. The smallest absolute Gasteiger partial charge is 0.252 e. The SMILES string of the molecule is COc1ccc(-c2cc(=O)[nH]c(NCc3ccc(F)cc3Cl)n2)cc1. The Balaban J connectivity index is 1.82. The number of nitrogens with one attached hydrogen (secondary N) is 2. The summed E-state index contributed by atoms with van der Waals surface area (Å²) in [7, 11) is 1.59. The summed E-state index contributed by atoms with van der Waals surface area (Å²) in [6.07, 6.45) is 0. The summed E-state index contributed by atoms with van der Waals surface area (Å²) in [5.74, 6) is 0.624. The van der Waals surface area contributed by atoms with Crippen LogP contribution in [0.25, 0.3) is 11.3 Å². The number of nitrogens with zero attached hydrogens (tertiary/aromatic N) is 1. The van der Waals surface area contributed by atoms with Crippen LogP contribution < -0.4 is 15.6 Å². The number of hydrogen-bond acceptors (Lipinski definition) is 4. The number of ether oxygens (including phenoxy) is 1. The number of benzene rings is 2. The molecule has 128 valence electrons. The second-order valence-electron chi connectivity index (χ2n) is 5.30. The Labute approximate surface area is 148 Å². The predicted octanol–water partition coefficient (Wildman–Crippen LogP) is 3.85. The van der Waals surface area contributed by atoms with E-state index in [4.69, 9.17) is 16.3 Å². The van der Waals surface area contributed by atoms with Crippen molar-refractivity contribution in [2.24, 2.45) is 0 Å². The van der Waals surface area contributed by atoms with Gasteiger partial charge in [-0.3, -0.25) is 9.78 Å². The molecule has 0 fully saturated rings. The van der Waals surface area contributed by atoms with Gasteiger partial charge in [0.25, 0.3) is 5.56 Å². The molecule has 3 rings (SSSR count). The molecule has 2 aromatic carbocycles. The molecule has 7 heteroatoms. The summed E-state index contributed by atoms with van der Waals surface area (Å²) in [5.41, 5.74) is 1.72. The van der Waals surface area contributed by atoms with E-state index in [-0.39, 0.29) is 5.56 Å². The molecule has 0 spiro atoms. The third-order valence-electron chi connectivity index (χ3n) is 3.59. The van der Waals surface area contributed by atoms with Gasteiger partial charge in [-0.25, -0.2) is 9.37 Å². The zero-order valence-electron chi connectivity index (χ0n) is 13.3. The normalized spacial score (nSPS) is 10.5. The van der Waals surface area contributed by atoms with Gasteiger partial charge in [0.15, 0.2) is 0 Å². The van der Waals surface area contributed by atoms with Crippen LogP contribution in [-0.2, 0) is 6.54 Å². The van der Waals surface area contributed by atoms with Crippen LogP contribution in [0.4, 0.5) is 10.3 Å². The topological polar surface area (TPSA) is 67.0 Å². The van der Waals surface area contributed by atoms with E-state index in [1.807, 2.05) is 12.1 Å². The van der Waals surface area contributed by atoms with Crippen molar-refractivity contribution in [3.05, 3.63) is 75.3 Å². The molecule has 0 saturated heterocycles. The van der Waals surface area contributed by atoms with Crippen molar-refractivity contribution in [3.8, 4) is 17.0 Å². The van der Waals surface area contributed by atoms with E-state index in [1.54, 1.807) is 25.3 Å². The highest BCUT2D eigenvalue weighted by molar-refractivity contribution is 6.31. The average molecular weight is 360 g/mol. The van der Waals surface area contributed by atoms with E-state index >= 15 is 0 Å². The molecule has 0 bridgehead atoms. The molecule has 0 saturated carbocycles. The van der Waals surface area contributed by atoms with Gasteiger partial charge in [-0.15, -0.1) is 0 Å². The Bertz CT molecular complexity index is 942. The molecule has 0 radical (unpaired) electrons. The Morgan fingerprint density at radius 3 is 2.64 bits per heavy atom. The fraction of sp³-hybridized carbons (Fsp3) is 0.111. The largest absolute Gasteiger partial charge is 0.497 e. The van der Waals surface area contributed by atoms with Gasteiger partial charge in [0, 0.05) is 23.2 Å². The minimum absolute atomic E-state index is 0.284. The molecule has 0 unspecified atom stereocenters. The van der Waals surface area contributed by atoms with Gasteiger partial charge >= 0.3 is 0 Å². The lowest BCUT2D eigenvalue weighted by Crippen LogP contribution is -2.13. The fourth-order valence-corrected chi connectivity index (χ4v) is 2.53. The van der Waals surface area contributed by atoms with E-state index in [0.29, 0.717) is 28.8 Å². The zero-order valence-corrected chi connectivity index (χ0v) is 14.1. The van der Waals surface area contributed by atoms with E-state index < -0.39 is 5.82 Å². The minimum atomic E-state index is -0.401. The summed E-state index contributed by atoms with van der Waals surface area (Å²) in [6, 6.07) is 12.8. The number of rotatable bonds is 5. The van der Waals surface area contributed by atoms with Gasteiger partial charge < -0.3 is 10.1 Å². The lowest BCUT2D eigenvalue weighted by molar-refractivity contribution is 0.415. The van der Waals surface area contributed by atoms with Crippen molar-refractivity contribution < 1.29 is 9.13 Å². The molecular weight excluding hydrogens is 345 g/mol. The highest BCUT2D eigenvalue weighted by Gasteiger charge is 2.06. The van der Waals surface area contributed by atoms with E-state index in [2.05, 4.69) is 15.3 Å². The molecule has 25 heavy (non-hydrogen) atoms. The van der Waals surface area contributed by atoms with Crippen molar-refractivity contribution in [1.29, 1.82) is 0 Å². The standard InChI is InChI=1S/C18H15ClFN3O2/c1-25-14-6-3-11(4-7-14)16-9-17(24)23-18(22-16)21-10-12-2-5-13(20)8-15(12)19/h2-9H,10H2,1H3,(H2,21,22,23,24). The number of aromatic amines is 1. The fourth-order valence-electron chi connectivity index (χ4n) is 2.30. The molecule has 0 aliphatic carbocycles. The van der Waals surface area contributed by atoms with Crippen LogP contribution in [0.5, 0.6) is 5.75 Å². The number of H-pyrrole nitrogens is 1. The van der Waals surface area contributed by atoms with Gasteiger partial charge in [-0.2, -0.15) is 0 Å². The highest BCUT2D eigenvalue weighted by atomic mass is 35.5. The molecule has 3 aromatic rings. The van der Waals surface area contributed by atoms with E-state index in [9.17, 15) is 9.18 Å². The van der Waals surface area contributed by atoms with Crippen LogP contribution in [0.2, 0.25) is 5.02 Å². The van der Waals surface area contributed by atoms with E-state index in [1.165, 1.54) is 18.2 Å². The Morgan fingerprint density at radius 2 is 1.96 bits per heavy atom. The van der Waals surface area contributed by atoms with E-state index in [0.717, 1.165) is 11.3 Å². The zero-order chi connectivity index (χ0) is 17.8. The highest BCUT2D eigenvalue weighted by Crippen LogP contribution is 2.21. The number of aromatic nitrogens is 2. The van der Waals surface area contributed by atoms with Gasteiger partial charge in [0.2, 0.25) is 5.95 Å². The Kier molecular flexibility index (Phi) is 5.00. The van der Waals surface area contributed by atoms with Crippen LogP contribution in [0.15, 0.2) is 53.3 Å². The van der Waals surface area contributed by atoms with Crippen molar-refractivity contribution in [1.82, 2.24) is 9.97 Å². The number of methoxy groups -OCH3 is 1. The van der Waals surface area contributed by atoms with Crippen molar-refractivity contribution in [3.63, 3.8) is 0 Å². The summed E-state index contributed by atoms with van der Waals surface area (Å²) in [4.78, 5) is 18.9. The van der Waals surface area contributed by atoms with Gasteiger partial charge in [0.1, 0.15) is 11.6 Å². The molecule has 1 aromatic heterocycles. The molecule has 0 amide bonds. The lowest BCUT2D eigenvalue weighted by Gasteiger charge is -2.09. The summed E-state index contributed by atoms with van der Waals surface area (Å²) in [6.45, 7) is 0.300. The van der Waals surface area contributed by atoms with Crippen molar-refractivity contribution in [2.45, 2.75) is 6.54 Å². The van der Waals surface area contributed by atoms with Crippen LogP contribution in [0.1, 0.15) is 5.56 Å². The second kappa shape index (κ2) is 7.36. The molecule has 0 aliphatic heterocycles. The minimum Gasteiger partial charge on any atom is -0.497 e. The van der Waals surface area contributed by atoms with Crippen LogP contribution in [-0.4, -0.2) is 17.1 Å². The lowest BCUT2D eigenvalue weighted by atomic mass is 10.1.